The van der Waals surface area contributed by atoms with Crippen molar-refractivity contribution in [1.82, 2.24) is 74.6 Å². The molecule has 0 atom stereocenters. The molecule has 0 bridgehead atoms. The van der Waals surface area contributed by atoms with Crippen molar-refractivity contribution in [2.45, 2.75) is 0 Å². The summed E-state index contributed by atoms with van der Waals surface area (Å²) in [6, 6.07) is 145. The van der Waals surface area contributed by atoms with E-state index in [0.29, 0.717) is 0 Å². The number of hydrogen-bond acceptors (Lipinski definition) is 9. The van der Waals surface area contributed by atoms with Crippen molar-refractivity contribution in [2.24, 2.45) is 0 Å². The molecular weight excluding hydrogens is 1670 g/mol. The first-order valence-corrected chi connectivity index (χ1v) is 46.0. The molecule has 0 saturated heterocycles. The quantitative estimate of drug-likeness (QED) is 0.167. The number of benzene rings is 18. The van der Waals surface area contributed by atoms with E-state index in [1.54, 1.807) is 0 Å². The van der Waals surface area contributed by atoms with Crippen molar-refractivity contribution in [1.29, 1.82) is 0 Å². The Morgan fingerprint density at radius 2 is 0.481 bits per heavy atom. The van der Waals surface area contributed by atoms with Gasteiger partial charge in [0.15, 0.2) is 0 Å². The maximum absolute atomic E-state index is 6.45. The Balaban J connectivity index is 0.000000101. The maximum Gasteiger partial charge on any atom is 0.223 e. The SMILES string of the molecule is c1cc(-c2ccc3oc4ccc(-n5c6ccccc6c6ccccc65)cc4c3c2)cc(-n2c3nc4ccccc4n3c3ccccc3n3c4ccccc4nc23)c1.c1ccc2c(c1)nc1n(-c3ccc4sc5ccccc5c4c3)c3nc4ccccc4n3c3ccccc3n21.c1ccc2c(c1)nc1n(-c3cccc4c3sc3ccccc34)c3nc4ccccc4n3c3ccccc3n21. The van der Waals surface area contributed by atoms with Gasteiger partial charge in [-0.15, -0.1) is 22.7 Å². The zero-order valence-corrected chi connectivity index (χ0v) is 72.3. The monoisotopic (exact) mass is 1740 g/mol. The predicted octanol–water partition coefficient (Wildman–Crippen LogP) is 28.8. The first-order chi connectivity index (χ1) is 66.0. The second-order valence-electron chi connectivity index (χ2n) is 33.8. The molecule has 0 fully saturated rings. The summed E-state index contributed by atoms with van der Waals surface area (Å²) in [5, 5.41) is 9.67. The number of thiophene rings is 2. The second-order valence-corrected chi connectivity index (χ2v) is 36.0. The number of para-hydroxylation sites is 20. The minimum atomic E-state index is 0.781. The summed E-state index contributed by atoms with van der Waals surface area (Å²) >= 11 is 3.65. The summed E-state index contributed by atoms with van der Waals surface area (Å²) in [5.74, 6) is 4.88. The molecule has 0 unspecified atom stereocenters. The lowest BCUT2D eigenvalue weighted by Crippen LogP contribution is -2.02. The molecule has 0 spiro atoms. The molecule has 0 saturated carbocycles. The second kappa shape index (κ2) is 28.4. The molecule has 0 aliphatic carbocycles. The first-order valence-electron chi connectivity index (χ1n) is 44.4. The lowest BCUT2D eigenvalue weighted by atomic mass is 10.0. The van der Waals surface area contributed by atoms with Crippen LogP contribution < -0.4 is 0 Å². The van der Waals surface area contributed by atoms with Gasteiger partial charge < -0.3 is 8.98 Å². The van der Waals surface area contributed by atoms with Gasteiger partial charge in [-0.1, -0.05) is 212 Å². The molecule has 31 aromatic rings. The van der Waals surface area contributed by atoms with E-state index in [4.69, 9.17) is 34.3 Å². The van der Waals surface area contributed by atoms with Crippen LogP contribution in [0.15, 0.2) is 417 Å². The Bertz CT molecular complexity index is 10100. The first kappa shape index (κ1) is 73.3. The van der Waals surface area contributed by atoms with E-state index >= 15 is 0 Å². The highest BCUT2D eigenvalue weighted by Gasteiger charge is 2.26. The molecule has 622 valence electrons. The van der Waals surface area contributed by atoms with Gasteiger partial charge in [0.05, 0.1) is 132 Å². The van der Waals surface area contributed by atoms with Gasteiger partial charge in [-0.2, -0.15) is 0 Å². The van der Waals surface area contributed by atoms with E-state index < -0.39 is 0 Å². The highest BCUT2D eigenvalue weighted by molar-refractivity contribution is 7.26. The zero-order chi connectivity index (χ0) is 86.8. The van der Waals surface area contributed by atoms with E-state index in [2.05, 4.69) is 421 Å². The summed E-state index contributed by atoms with van der Waals surface area (Å²) < 4.78 is 34.1. The summed E-state index contributed by atoms with van der Waals surface area (Å²) in [6.07, 6.45) is 0. The van der Waals surface area contributed by atoms with Crippen LogP contribution in [0.2, 0.25) is 0 Å². The Labute approximate surface area is 760 Å². The van der Waals surface area contributed by atoms with Crippen LogP contribution in [0.3, 0.4) is 0 Å². The molecule has 0 N–H and O–H groups in total. The molecule has 13 heterocycles. The summed E-state index contributed by atoms with van der Waals surface area (Å²) in [5.41, 5.74) is 28.8. The number of hydrogen-bond donors (Lipinski definition) is 0. The van der Waals surface area contributed by atoms with Gasteiger partial charge in [0.1, 0.15) is 11.2 Å². The van der Waals surface area contributed by atoms with Crippen molar-refractivity contribution in [3.8, 4) is 33.9 Å². The van der Waals surface area contributed by atoms with Crippen LogP contribution >= 0.6 is 22.7 Å². The van der Waals surface area contributed by atoms with E-state index in [1.807, 2.05) is 59.1 Å². The Morgan fingerprint density at radius 3 is 0.925 bits per heavy atom. The molecule has 0 radical (unpaired) electrons. The van der Waals surface area contributed by atoms with E-state index in [0.717, 1.165) is 190 Å². The van der Waals surface area contributed by atoms with Crippen LogP contribution in [0.1, 0.15) is 0 Å². The molecular formula is C114H68N16OS2. The lowest BCUT2D eigenvalue weighted by Gasteiger charge is -2.10. The lowest BCUT2D eigenvalue weighted by molar-refractivity contribution is 0.669. The van der Waals surface area contributed by atoms with E-state index in [-0.39, 0.29) is 0 Å². The van der Waals surface area contributed by atoms with Gasteiger partial charge in [0.25, 0.3) is 0 Å². The average Bonchev–Trinajstić information content (AvgIpc) is 1.56. The van der Waals surface area contributed by atoms with Gasteiger partial charge in [-0.3, -0.25) is 26.4 Å². The standard InChI is InChI=1S/C50H30N6O.2C32H19N5S/c1-5-18-41-35(14-1)36-15-2-6-19-42(36)53(41)34-25-27-48-38(30-34)37-29-32(24-26-47(37)57-48)31-12-11-13-33(28-31)54-49-51-39-16-3-7-20-43(39)55(49)45-22-9-10-23-46(45)56-44-21-8-4-17-40(44)52-50(54)56;1-8-19-29-20(10-1)21-11-9-18-28(30(21)38-29)37-31-33-22-12-2-4-14-24(22)35(31)26-16-6-7-17-27(26)36-25-15-5-3-13-23(25)34-32(36)37;1-8-16-29-21(9-1)22-19-20(17-18-30(22)38-29)35-31-33-23-10-2-4-12-25(23)36(31)27-14-6-7-15-28(27)37-26-13-5-3-11-24(26)34-32(35)37/h1-30H;2*1-19H. The molecule has 133 heavy (non-hydrogen) atoms. The van der Waals surface area contributed by atoms with Crippen LogP contribution in [-0.2, 0) is 0 Å². The van der Waals surface area contributed by atoms with Crippen LogP contribution in [-0.4, -0.2) is 74.6 Å². The van der Waals surface area contributed by atoms with Gasteiger partial charge in [0.2, 0.25) is 34.7 Å². The molecule has 13 aromatic heterocycles. The number of aromatic nitrogens is 16. The fraction of sp³-hybridized carbons (Fsp3) is 0. The number of furan rings is 1. The number of imidazole rings is 6. The molecule has 18 aromatic carbocycles. The van der Waals surface area contributed by atoms with Crippen molar-refractivity contribution in [2.75, 3.05) is 0 Å². The van der Waals surface area contributed by atoms with Crippen molar-refractivity contribution in [3.05, 3.63) is 413 Å². The number of rotatable bonds is 5. The minimum absolute atomic E-state index is 0.781. The van der Waals surface area contributed by atoms with Crippen molar-refractivity contribution >= 4 is 241 Å². The average molecular weight is 1740 g/mol. The molecule has 0 aliphatic heterocycles. The summed E-state index contributed by atoms with van der Waals surface area (Å²) in [6.45, 7) is 0. The largest absolute Gasteiger partial charge is 0.456 e. The summed E-state index contributed by atoms with van der Waals surface area (Å²) in [7, 11) is 0. The van der Waals surface area contributed by atoms with Crippen LogP contribution in [0.4, 0.5) is 0 Å². The van der Waals surface area contributed by atoms with E-state index in [9.17, 15) is 0 Å². The molecule has 31 rings (SSSR count). The predicted molar refractivity (Wildman–Crippen MR) is 547 cm³/mol. The summed E-state index contributed by atoms with van der Waals surface area (Å²) in [4.78, 5) is 31.5. The van der Waals surface area contributed by atoms with Crippen molar-refractivity contribution < 1.29 is 4.42 Å². The molecule has 17 nitrogen and oxygen atoms in total. The van der Waals surface area contributed by atoms with Crippen LogP contribution in [0.5, 0.6) is 0 Å². The van der Waals surface area contributed by atoms with E-state index in [1.165, 1.54) is 62.2 Å². The number of nitrogens with zero attached hydrogens (tertiary/aromatic N) is 16. The highest BCUT2D eigenvalue weighted by Crippen LogP contribution is 2.44. The zero-order valence-electron chi connectivity index (χ0n) is 70.6. The highest BCUT2D eigenvalue weighted by atomic mass is 32.1. The van der Waals surface area contributed by atoms with Crippen LogP contribution in [0, 0.1) is 0 Å². The maximum atomic E-state index is 6.45. The normalized spacial score (nSPS) is 12.2. The Kier molecular flexibility index (Phi) is 15.6. The molecule has 0 amide bonds. The fourth-order valence-corrected chi connectivity index (χ4v) is 23.0. The van der Waals surface area contributed by atoms with Gasteiger partial charge in [-0.25, -0.2) is 43.6 Å². The third-order valence-corrected chi connectivity index (χ3v) is 28.9. The van der Waals surface area contributed by atoms with Crippen molar-refractivity contribution in [3.63, 3.8) is 0 Å². The molecule has 19 heteroatoms. The fourth-order valence-electron chi connectivity index (χ4n) is 20.7. The third kappa shape index (κ3) is 10.8. The Morgan fingerprint density at radius 1 is 0.180 bits per heavy atom. The minimum Gasteiger partial charge on any atom is -0.456 e. The molecule has 0 aliphatic rings. The van der Waals surface area contributed by atoms with Gasteiger partial charge in [-0.05, 0) is 211 Å². The van der Waals surface area contributed by atoms with Crippen LogP contribution in [0.25, 0.3) is 252 Å². The number of fused-ring (bicyclic) bond motifs is 39. The topological polar surface area (TPSA) is 137 Å². The third-order valence-electron chi connectivity index (χ3n) is 26.5. The van der Waals surface area contributed by atoms with Gasteiger partial charge >= 0.3 is 0 Å². The Hall–Kier alpha value is -17.8. The van der Waals surface area contributed by atoms with Gasteiger partial charge in [0, 0.05) is 62.9 Å². The smallest absolute Gasteiger partial charge is 0.223 e.